The zero-order valence-corrected chi connectivity index (χ0v) is 11.8. The predicted octanol–water partition coefficient (Wildman–Crippen LogP) is 1.65. The van der Waals surface area contributed by atoms with Gasteiger partial charge in [-0.1, -0.05) is 0 Å². The van der Waals surface area contributed by atoms with Gasteiger partial charge in [0, 0.05) is 13.8 Å². The quantitative estimate of drug-likeness (QED) is 0.778. The highest BCUT2D eigenvalue weighted by atomic mass is 32.1. The van der Waals surface area contributed by atoms with Gasteiger partial charge in [0.25, 0.3) is 0 Å². The van der Waals surface area contributed by atoms with Crippen LogP contribution < -0.4 is 9.47 Å². The molecular formula is C12H11NO6S. The van der Waals surface area contributed by atoms with Crippen LogP contribution in [0, 0.1) is 11.3 Å². The van der Waals surface area contributed by atoms with E-state index in [1.165, 1.54) is 0 Å². The molecule has 0 aliphatic rings. The van der Waals surface area contributed by atoms with Gasteiger partial charge in [-0.2, -0.15) is 5.26 Å². The van der Waals surface area contributed by atoms with E-state index in [0.717, 1.165) is 25.2 Å². The van der Waals surface area contributed by atoms with Gasteiger partial charge in [0.15, 0.2) is 15.5 Å². The van der Waals surface area contributed by atoms with Crippen LogP contribution in [0.5, 0.6) is 11.5 Å². The molecule has 0 saturated heterocycles. The summed E-state index contributed by atoms with van der Waals surface area (Å²) in [5.74, 6) is -2.70. The zero-order valence-electron chi connectivity index (χ0n) is 11.0. The highest BCUT2D eigenvalue weighted by molar-refractivity contribution is 7.15. The molecule has 0 saturated carbocycles. The second kappa shape index (κ2) is 6.68. The van der Waals surface area contributed by atoms with E-state index < -0.39 is 17.9 Å². The first-order valence-corrected chi connectivity index (χ1v) is 6.33. The number of rotatable bonds is 4. The summed E-state index contributed by atoms with van der Waals surface area (Å²) >= 11 is 0.728. The third-order valence-electron chi connectivity index (χ3n) is 1.88. The second-order valence-electron chi connectivity index (χ2n) is 3.44. The highest BCUT2D eigenvalue weighted by Crippen LogP contribution is 2.42. The number of hydrogen-bond acceptors (Lipinski definition) is 8. The van der Waals surface area contributed by atoms with Gasteiger partial charge >= 0.3 is 17.9 Å². The van der Waals surface area contributed by atoms with Crippen molar-refractivity contribution >= 4 is 29.2 Å². The van der Waals surface area contributed by atoms with Gasteiger partial charge in [-0.05, 0) is 6.92 Å². The molecule has 0 unspecified atom stereocenters. The molecule has 0 spiro atoms. The Morgan fingerprint density at radius 3 is 2.15 bits per heavy atom. The van der Waals surface area contributed by atoms with Crippen LogP contribution in [-0.2, 0) is 14.3 Å². The lowest BCUT2D eigenvalue weighted by Crippen LogP contribution is -2.10. The van der Waals surface area contributed by atoms with E-state index in [4.69, 9.17) is 19.5 Å². The highest BCUT2D eigenvalue weighted by Gasteiger charge is 2.29. The maximum atomic E-state index is 11.8. The molecule has 0 aliphatic heterocycles. The van der Waals surface area contributed by atoms with Crippen molar-refractivity contribution in [1.29, 1.82) is 5.26 Å². The van der Waals surface area contributed by atoms with E-state index in [1.807, 2.05) is 0 Å². The lowest BCUT2D eigenvalue weighted by molar-refractivity contribution is -0.134. The zero-order chi connectivity index (χ0) is 15.3. The molecule has 0 aliphatic carbocycles. The van der Waals surface area contributed by atoms with Crippen molar-refractivity contribution in [2.75, 3.05) is 6.61 Å². The van der Waals surface area contributed by atoms with E-state index in [0.29, 0.717) is 0 Å². The topological polar surface area (TPSA) is 103 Å². The van der Waals surface area contributed by atoms with Gasteiger partial charge in [-0.25, -0.2) is 4.79 Å². The van der Waals surface area contributed by atoms with Crippen molar-refractivity contribution in [3.05, 3.63) is 9.75 Å². The van der Waals surface area contributed by atoms with Crippen LogP contribution in [0.25, 0.3) is 0 Å². The minimum absolute atomic E-state index is 0.0560. The van der Waals surface area contributed by atoms with Crippen LogP contribution in [0.15, 0.2) is 0 Å². The van der Waals surface area contributed by atoms with Crippen LogP contribution in [0.1, 0.15) is 35.3 Å². The summed E-state index contributed by atoms with van der Waals surface area (Å²) in [5, 5.41) is 8.99. The molecule has 0 N–H and O–H groups in total. The van der Waals surface area contributed by atoms with Gasteiger partial charge in [-0.3, -0.25) is 9.59 Å². The maximum absolute atomic E-state index is 11.8. The number of thiophene rings is 1. The van der Waals surface area contributed by atoms with Crippen molar-refractivity contribution in [3.8, 4) is 17.6 Å². The average molecular weight is 297 g/mol. The van der Waals surface area contributed by atoms with E-state index in [2.05, 4.69) is 0 Å². The molecule has 0 amide bonds. The van der Waals surface area contributed by atoms with Crippen molar-refractivity contribution < 1.29 is 28.6 Å². The maximum Gasteiger partial charge on any atom is 0.352 e. The Bertz CT molecular complexity index is 598. The summed E-state index contributed by atoms with van der Waals surface area (Å²) in [5.41, 5.74) is 0. The van der Waals surface area contributed by atoms with E-state index in [-0.39, 0.29) is 27.9 Å². The fourth-order valence-electron chi connectivity index (χ4n) is 1.28. The van der Waals surface area contributed by atoms with Crippen LogP contribution in [-0.4, -0.2) is 24.5 Å². The number of nitriles is 1. The first-order valence-electron chi connectivity index (χ1n) is 5.51. The number of esters is 3. The molecule has 1 aromatic rings. The summed E-state index contributed by atoms with van der Waals surface area (Å²) in [6.45, 7) is 3.97. The number of carbonyl (C=O) groups is 3. The largest absolute Gasteiger partial charge is 0.462 e. The molecule has 20 heavy (non-hydrogen) atoms. The van der Waals surface area contributed by atoms with Crippen molar-refractivity contribution in [3.63, 3.8) is 0 Å². The number of hydrogen-bond donors (Lipinski definition) is 0. The molecule has 0 bridgehead atoms. The first-order chi connectivity index (χ1) is 9.40. The fraction of sp³-hybridized carbons (Fsp3) is 0.333. The molecule has 1 aromatic heterocycles. The lowest BCUT2D eigenvalue weighted by atomic mass is 10.3. The van der Waals surface area contributed by atoms with Crippen molar-refractivity contribution in [1.82, 2.24) is 0 Å². The molecule has 0 atom stereocenters. The molecule has 106 valence electrons. The molecule has 8 heteroatoms. The van der Waals surface area contributed by atoms with E-state index in [1.54, 1.807) is 13.0 Å². The van der Waals surface area contributed by atoms with E-state index >= 15 is 0 Å². The fourth-order valence-corrected chi connectivity index (χ4v) is 2.12. The van der Waals surface area contributed by atoms with Crippen LogP contribution in [0.3, 0.4) is 0 Å². The summed E-state index contributed by atoms with van der Waals surface area (Å²) in [6.07, 6.45) is 0. The standard InChI is InChI=1S/C12H11NO6S/c1-4-17-12(16)11-10(19-7(3)15)9(18-6(2)14)8(5-13)20-11/h4H2,1-3H3. The number of carbonyl (C=O) groups excluding carboxylic acids is 3. The monoisotopic (exact) mass is 297 g/mol. The number of nitrogens with zero attached hydrogens (tertiary/aromatic N) is 1. The van der Waals surface area contributed by atoms with Gasteiger partial charge in [-0.15, -0.1) is 11.3 Å². The van der Waals surface area contributed by atoms with Crippen LogP contribution in [0.4, 0.5) is 0 Å². The SMILES string of the molecule is CCOC(=O)c1sc(C#N)c(OC(C)=O)c1OC(C)=O. The second-order valence-corrected chi connectivity index (χ2v) is 4.46. The number of ether oxygens (including phenoxy) is 3. The minimum Gasteiger partial charge on any atom is -0.462 e. The Morgan fingerprint density at radius 1 is 1.15 bits per heavy atom. The molecule has 0 aromatic carbocycles. The summed E-state index contributed by atoms with van der Waals surface area (Å²) in [4.78, 5) is 33.7. The predicted molar refractivity (Wildman–Crippen MR) is 67.6 cm³/mol. The molecule has 0 fully saturated rings. The van der Waals surface area contributed by atoms with Gasteiger partial charge < -0.3 is 14.2 Å². The summed E-state index contributed by atoms with van der Waals surface area (Å²) in [7, 11) is 0. The Labute approximate surface area is 118 Å². The molecule has 0 radical (unpaired) electrons. The Hall–Kier alpha value is -2.40. The van der Waals surface area contributed by atoms with Gasteiger partial charge in [0.1, 0.15) is 6.07 Å². The summed E-state index contributed by atoms with van der Waals surface area (Å²) < 4.78 is 14.5. The minimum atomic E-state index is -0.761. The third kappa shape index (κ3) is 3.55. The third-order valence-corrected chi connectivity index (χ3v) is 2.91. The first kappa shape index (κ1) is 15.7. The Kier molecular flexibility index (Phi) is 5.23. The van der Waals surface area contributed by atoms with Gasteiger partial charge in [0.2, 0.25) is 5.75 Å². The molecule has 1 rings (SSSR count). The van der Waals surface area contributed by atoms with Crippen molar-refractivity contribution in [2.45, 2.75) is 20.8 Å². The molecular weight excluding hydrogens is 286 g/mol. The Morgan fingerprint density at radius 2 is 1.70 bits per heavy atom. The van der Waals surface area contributed by atoms with E-state index in [9.17, 15) is 14.4 Å². The van der Waals surface area contributed by atoms with Gasteiger partial charge in [0.05, 0.1) is 6.61 Å². The average Bonchev–Trinajstić information content (AvgIpc) is 2.67. The molecule has 7 nitrogen and oxygen atoms in total. The Balaban J connectivity index is 3.39. The van der Waals surface area contributed by atoms with Crippen LogP contribution in [0.2, 0.25) is 0 Å². The lowest BCUT2D eigenvalue weighted by Gasteiger charge is -2.06. The van der Waals surface area contributed by atoms with Crippen LogP contribution >= 0.6 is 11.3 Å². The molecule has 1 heterocycles. The van der Waals surface area contributed by atoms with Crippen molar-refractivity contribution in [2.24, 2.45) is 0 Å². The summed E-state index contributed by atoms with van der Waals surface area (Å²) in [6, 6.07) is 1.77. The normalized spacial score (nSPS) is 9.50. The smallest absolute Gasteiger partial charge is 0.352 e.